The summed E-state index contributed by atoms with van der Waals surface area (Å²) < 4.78 is 5.88. The van der Waals surface area contributed by atoms with Crippen molar-refractivity contribution in [2.24, 2.45) is 10.9 Å². The van der Waals surface area contributed by atoms with Gasteiger partial charge in [-0.15, -0.1) is 0 Å². The van der Waals surface area contributed by atoms with Crippen LogP contribution in [0.3, 0.4) is 0 Å². The van der Waals surface area contributed by atoms with Gasteiger partial charge in [0.15, 0.2) is 5.84 Å². The molecule has 2 aromatic carbocycles. The molecular formula is C16H15ClN2O2. The maximum absolute atomic E-state index is 8.86. The monoisotopic (exact) mass is 302 g/mol. The van der Waals surface area contributed by atoms with Crippen LogP contribution in [0.15, 0.2) is 41.6 Å². The van der Waals surface area contributed by atoms with Crippen molar-refractivity contribution in [3.8, 4) is 11.5 Å². The predicted molar refractivity (Wildman–Crippen MR) is 82.5 cm³/mol. The van der Waals surface area contributed by atoms with Crippen LogP contribution in [0.25, 0.3) is 0 Å². The fourth-order valence-electron chi connectivity index (χ4n) is 2.58. The van der Waals surface area contributed by atoms with E-state index in [4.69, 9.17) is 27.3 Å². The van der Waals surface area contributed by atoms with Crippen LogP contribution in [0.5, 0.6) is 11.5 Å². The zero-order chi connectivity index (χ0) is 14.8. The summed E-state index contributed by atoms with van der Waals surface area (Å²) in [5.41, 5.74) is 8.84. The number of nitrogens with two attached hydrogens (primary N) is 1. The third-order valence-electron chi connectivity index (χ3n) is 3.62. The van der Waals surface area contributed by atoms with Crippen molar-refractivity contribution >= 4 is 17.4 Å². The van der Waals surface area contributed by atoms with Crippen molar-refractivity contribution in [2.45, 2.75) is 19.3 Å². The van der Waals surface area contributed by atoms with E-state index in [2.05, 4.69) is 11.2 Å². The number of nitrogens with zero attached hydrogens (tertiary/aromatic N) is 1. The molecule has 3 N–H and O–H groups in total. The molecule has 1 aliphatic carbocycles. The van der Waals surface area contributed by atoms with Crippen molar-refractivity contribution in [3.05, 3.63) is 58.1 Å². The fourth-order valence-corrected chi connectivity index (χ4v) is 2.76. The Balaban J connectivity index is 1.94. The summed E-state index contributed by atoms with van der Waals surface area (Å²) in [6, 6.07) is 11.1. The topological polar surface area (TPSA) is 67.8 Å². The normalized spacial score (nSPS) is 14.0. The van der Waals surface area contributed by atoms with Crippen molar-refractivity contribution in [1.82, 2.24) is 0 Å². The highest BCUT2D eigenvalue weighted by atomic mass is 35.5. The van der Waals surface area contributed by atoms with Crippen LogP contribution in [0, 0.1) is 0 Å². The number of hydrogen-bond donors (Lipinski definition) is 2. The molecule has 0 radical (unpaired) electrons. The average Bonchev–Trinajstić information content (AvgIpc) is 2.96. The third-order valence-corrected chi connectivity index (χ3v) is 3.86. The molecule has 0 bridgehead atoms. The average molecular weight is 303 g/mol. The standard InChI is InChI=1S/C16H15ClN2O2/c17-12-5-7-15(14(9-12)16(18)19-20)21-13-6-4-10-2-1-3-11(10)8-13/h4-9,20H,1-3H2,(H2,18,19). The molecule has 0 saturated carbocycles. The van der Waals surface area contributed by atoms with E-state index in [1.54, 1.807) is 18.2 Å². The number of benzene rings is 2. The second kappa shape index (κ2) is 5.66. The van der Waals surface area contributed by atoms with Crippen LogP contribution < -0.4 is 10.5 Å². The largest absolute Gasteiger partial charge is 0.457 e. The third kappa shape index (κ3) is 2.81. The van der Waals surface area contributed by atoms with Crippen LogP contribution >= 0.6 is 11.6 Å². The highest BCUT2D eigenvalue weighted by molar-refractivity contribution is 6.31. The number of amidine groups is 1. The smallest absolute Gasteiger partial charge is 0.173 e. The van der Waals surface area contributed by atoms with Gasteiger partial charge in [0.2, 0.25) is 0 Å². The Morgan fingerprint density at radius 2 is 1.95 bits per heavy atom. The van der Waals surface area contributed by atoms with Gasteiger partial charge in [-0.05, 0) is 60.7 Å². The Morgan fingerprint density at radius 3 is 2.76 bits per heavy atom. The van der Waals surface area contributed by atoms with Gasteiger partial charge in [-0.3, -0.25) is 0 Å². The second-order valence-electron chi connectivity index (χ2n) is 5.01. The van der Waals surface area contributed by atoms with Crippen LogP contribution in [0.4, 0.5) is 0 Å². The summed E-state index contributed by atoms with van der Waals surface area (Å²) in [4.78, 5) is 0. The van der Waals surface area contributed by atoms with E-state index in [9.17, 15) is 0 Å². The Bertz CT molecular complexity index is 713. The maximum Gasteiger partial charge on any atom is 0.173 e. The van der Waals surface area contributed by atoms with E-state index in [1.807, 2.05) is 12.1 Å². The van der Waals surface area contributed by atoms with Crippen molar-refractivity contribution < 1.29 is 9.94 Å². The molecule has 0 unspecified atom stereocenters. The molecule has 0 aromatic heterocycles. The molecule has 0 heterocycles. The van der Waals surface area contributed by atoms with Gasteiger partial charge in [0, 0.05) is 5.02 Å². The summed E-state index contributed by atoms with van der Waals surface area (Å²) in [6.45, 7) is 0. The molecule has 4 nitrogen and oxygen atoms in total. The Labute approximate surface area is 127 Å². The second-order valence-corrected chi connectivity index (χ2v) is 5.45. The van der Waals surface area contributed by atoms with Crippen molar-refractivity contribution in [2.75, 3.05) is 0 Å². The minimum atomic E-state index is -0.0336. The molecule has 5 heteroatoms. The molecule has 0 amide bonds. The first kappa shape index (κ1) is 13.8. The van der Waals surface area contributed by atoms with Gasteiger partial charge < -0.3 is 15.7 Å². The lowest BCUT2D eigenvalue weighted by Gasteiger charge is -2.12. The Morgan fingerprint density at radius 1 is 1.14 bits per heavy atom. The van der Waals surface area contributed by atoms with E-state index in [-0.39, 0.29) is 5.84 Å². The van der Waals surface area contributed by atoms with Gasteiger partial charge in [-0.25, -0.2) is 0 Å². The van der Waals surface area contributed by atoms with E-state index < -0.39 is 0 Å². The fraction of sp³-hybridized carbons (Fsp3) is 0.188. The van der Waals surface area contributed by atoms with E-state index >= 15 is 0 Å². The van der Waals surface area contributed by atoms with Crippen molar-refractivity contribution in [1.29, 1.82) is 0 Å². The lowest BCUT2D eigenvalue weighted by Crippen LogP contribution is -2.14. The van der Waals surface area contributed by atoms with Gasteiger partial charge in [0.1, 0.15) is 11.5 Å². The molecule has 0 atom stereocenters. The van der Waals surface area contributed by atoms with Crippen LogP contribution in [0.1, 0.15) is 23.1 Å². The SMILES string of the molecule is NC(=NO)c1cc(Cl)ccc1Oc1ccc2c(c1)CCC2. The number of ether oxygens (including phenoxy) is 1. The molecule has 0 aliphatic heterocycles. The number of aryl methyl sites for hydroxylation is 2. The van der Waals surface area contributed by atoms with Crippen LogP contribution in [-0.4, -0.2) is 11.0 Å². The quantitative estimate of drug-likeness (QED) is 0.393. The minimum Gasteiger partial charge on any atom is -0.457 e. The zero-order valence-electron chi connectivity index (χ0n) is 11.3. The number of fused-ring (bicyclic) bond motifs is 1. The molecule has 108 valence electrons. The molecule has 0 fully saturated rings. The lowest BCUT2D eigenvalue weighted by atomic mass is 10.1. The van der Waals surface area contributed by atoms with E-state index in [1.165, 1.54) is 17.5 Å². The predicted octanol–water partition coefficient (Wildman–Crippen LogP) is 3.72. The lowest BCUT2D eigenvalue weighted by molar-refractivity contribution is 0.318. The Kier molecular flexibility index (Phi) is 3.71. The van der Waals surface area contributed by atoms with Gasteiger partial charge >= 0.3 is 0 Å². The summed E-state index contributed by atoms with van der Waals surface area (Å²) >= 11 is 5.95. The molecule has 3 rings (SSSR count). The van der Waals surface area contributed by atoms with E-state index in [0.717, 1.165) is 18.6 Å². The molecule has 0 saturated heterocycles. The van der Waals surface area contributed by atoms with Crippen LogP contribution in [0.2, 0.25) is 5.02 Å². The number of halogens is 1. The first-order chi connectivity index (χ1) is 10.2. The van der Waals surface area contributed by atoms with Gasteiger partial charge in [0.05, 0.1) is 5.56 Å². The molecular weight excluding hydrogens is 288 g/mol. The Hall–Kier alpha value is -2.20. The van der Waals surface area contributed by atoms with Crippen molar-refractivity contribution in [3.63, 3.8) is 0 Å². The first-order valence-electron chi connectivity index (χ1n) is 6.74. The minimum absolute atomic E-state index is 0.0336. The molecule has 0 spiro atoms. The van der Waals surface area contributed by atoms with Gasteiger partial charge in [-0.1, -0.05) is 22.8 Å². The number of oxime groups is 1. The number of hydrogen-bond acceptors (Lipinski definition) is 3. The van der Waals surface area contributed by atoms with Gasteiger partial charge in [-0.2, -0.15) is 0 Å². The highest BCUT2D eigenvalue weighted by Gasteiger charge is 2.14. The first-order valence-corrected chi connectivity index (χ1v) is 7.12. The van der Waals surface area contributed by atoms with Crippen LogP contribution in [-0.2, 0) is 12.8 Å². The summed E-state index contributed by atoms with van der Waals surface area (Å²) in [6.07, 6.45) is 3.40. The highest BCUT2D eigenvalue weighted by Crippen LogP contribution is 2.31. The maximum atomic E-state index is 8.86. The molecule has 21 heavy (non-hydrogen) atoms. The molecule has 1 aliphatic rings. The molecule has 2 aromatic rings. The summed E-state index contributed by atoms with van der Waals surface area (Å²) in [7, 11) is 0. The summed E-state index contributed by atoms with van der Waals surface area (Å²) in [5.74, 6) is 1.21. The zero-order valence-corrected chi connectivity index (χ0v) is 12.1. The summed E-state index contributed by atoms with van der Waals surface area (Å²) in [5, 5.41) is 12.4. The van der Waals surface area contributed by atoms with Gasteiger partial charge in [0.25, 0.3) is 0 Å². The van der Waals surface area contributed by atoms with E-state index in [0.29, 0.717) is 16.3 Å². The number of rotatable bonds is 3.